The summed E-state index contributed by atoms with van der Waals surface area (Å²) >= 11 is 1.52. The molecule has 1 heterocycles. The first-order valence-electron chi connectivity index (χ1n) is 8.50. The number of non-ortho nitro benzene ring substituents is 1. The van der Waals surface area contributed by atoms with Crippen LogP contribution in [0.3, 0.4) is 0 Å². The molecule has 0 aliphatic rings. The van der Waals surface area contributed by atoms with Crippen LogP contribution in [0, 0.1) is 10.1 Å². The third kappa shape index (κ3) is 4.15. The second-order valence-electron chi connectivity index (χ2n) is 6.19. The van der Waals surface area contributed by atoms with E-state index in [0.717, 1.165) is 15.2 Å². The van der Waals surface area contributed by atoms with Gasteiger partial charge in [-0.25, -0.2) is 4.98 Å². The molecular formula is C19H18N4O4S. The molecule has 144 valence electrons. The van der Waals surface area contributed by atoms with Crippen LogP contribution in [0.15, 0.2) is 48.5 Å². The molecule has 2 aromatic carbocycles. The summed E-state index contributed by atoms with van der Waals surface area (Å²) in [6, 6.07) is 12.9. The molecule has 1 aromatic heterocycles. The number of aromatic nitrogens is 1. The van der Waals surface area contributed by atoms with Crippen LogP contribution >= 0.6 is 11.3 Å². The maximum atomic E-state index is 12.5. The number of hydrogen-bond acceptors (Lipinski definition) is 6. The Morgan fingerprint density at radius 3 is 2.71 bits per heavy atom. The number of hydrogen-bond donors (Lipinski definition) is 1. The Labute approximate surface area is 165 Å². The van der Waals surface area contributed by atoms with Gasteiger partial charge in [0.1, 0.15) is 5.01 Å². The molecule has 0 aliphatic carbocycles. The number of nitrogens with zero attached hydrogens (tertiary/aromatic N) is 3. The topological polar surface area (TPSA) is 105 Å². The molecule has 0 fully saturated rings. The summed E-state index contributed by atoms with van der Waals surface area (Å²) in [4.78, 5) is 41.0. The highest BCUT2D eigenvalue weighted by Crippen LogP contribution is 2.28. The molecule has 0 bridgehead atoms. The normalized spacial score (nSPS) is 11.8. The Morgan fingerprint density at radius 1 is 1.25 bits per heavy atom. The fourth-order valence-electron chi connectivity index (χ4n) is 2.59. The number of nitrogens with one attached hydrogen (secondary N) is 1. The Morgan fingerprint density at radius 2 is 2.00 bits per heavy atom. The smallest absolute Gasteiger partial charge is 0.270 e. The molecule has 0 saturated carbocycles. The van der Waals surface area contributed by atoms with Gasteiger partial charge in [-0.15, -0.1) is 11.3 Å². The van der Waals surface area contributed by atoms with Crippen molar-refractivity contribution in [3.63, 3.8) is 0 Å². The number of amides is 2. The SMILES string of the molecule is C[C@@H](c1nc2ccccc2s1)N(C)C(=O)CNC(=O)c1cccc([N+](=O)[O-])c1. The molecule has 0 unspecified atom stereocenters. The van der Waals surface area contributed by atoms with Crippen LogP contribution in [-0.4, -0.2) is 40.2 Å². The first kappa shape index (κ1) is 19.4. The minimum absolute atomic E-state index is 0.129. The monoisotopic (exact) mass is 398 g/mol. The lowest BCUT2D eigenvalue weighted by Crippen LogP contribution is -2.39. The average molecular weight is 398 g/mol. The third-order valence-electron chi connectivity index (χ3n) is 4.36. The van der Waals surface area contributed by atoms with Gasteiger partial charge < -0.3 is 10.2 Å². The van der Waals surface area contributed by atoms with E-state index in [1.807, 2.05) is 31.2 Å². The second kappa shape index (κ2) is 8.13. The molecule has 9 heteroatoms. The van der Waals surface area contributed by atoms with Gasteiger partial charge in [0.25, 0.3) is 11.6 Å². The molecule has 0 aliphatic heterocycles. The van der Waals surface area contributed by atoms with Crippen molar-refractivity contribution in [2.75, 3.05) is 13.6 Å². The molecule has 0 saturated heterocycles. The molecular weight excluding hydrogens is 380 g/mol. The highest BCUT2D eigenvalue weighted by Gasteiger charge is 2.21. The lowest BCUT2D eigenvalue weighted by molar-refractivity contribution is -0.384. The van der Waals surface area contributed by atoms with Crippen molar-refractivity contribution in [3.05, 3.63) is 69.2 Å². The lowest BCUT2D eigenvalue weighted by atomic mass is 10.2. The van der Waals surface area contributed by atoms with Gasteiger partial charge in [-0.05, 0) is 25.1 Å². The van der Waals surface area contributed by atoms with Crippen molar-refractivity contribution < 1.29 is 14.5 Å². The zero-order valence-corrected chi connectivity index (χ0v) is 16.1. The number of fused-ring (bicyclic) bond motifs is 1. The number of nitro groups is 1. The zero-order valence-electron chi connectivity index (χ0n) is 15.3. The van der Waals surface area contributed by atoms with Crippen molar-refractivity contribution in [2.45, 2.75) is 13.0 Å². The van der Waals surface area contributed by atoms with Gasteiger partial charge in [-0.2, -0.15) is 0 Å². The number of para-hydroxylation sites is 1. The van der Waals surface area contributed by atoms with Crippen molar-refractivity contribution >= 4 is 39.1 Å². The van der Waals surface area contributed by atoms with Crippen molar-refractivity contribution in [1.29, 1.82) is 0 Å². The number of thiazole rings is 1. The van der Waals surface area contributed by atoms with E-state index in [0.29, 0.717) is 0 Å². The Hall–Kier alpha value is -3.33. The molecule has 0 radical (unpaired) electrons. The summed E-state index contributed by atoms with van der Waals surface area (Å²) in [7, 11) is 1.65. The van der Waals surface area contributed by atoms with Gasteiger partial charge in [-0.1, -0.05) is 18.2 Å². The number of benzene rings is 2. The van der Waals surface area contributed by atoms with E-state index in [2.05, 4.69) is 10.3 Å². The van der Waals surface area contributed by atoms with Gasteiger partial charge in [-0.3, -0.25) is 19.7 Å². The summed E-state index contributed by atoms with van der Waals surface area (Å²) in [5, 5.41) is 14.1. The molecule has 0 spiro atoms. The zero-order chi connectivity index (χ0) is 20.3. The summed E-state index contributed by atoms with van der Waals surface area (Å²) in [5.41, 5.74) is 0.832. The van der Waals surface area contributed by atoms with E-state index < -0.39 is 10.8 Å². The molecule has 8 nitrogen and oxygen atoms in total. The first-order valence-corrected chi connectivity index (χ1v) is 9.32. The van der Waals surface area contributed by atoms with Crippen molar-refractivity contribution in [3.8, 4) is 0 Å². The summed E-state index contributed by atoms with van der Waals surface area (Å²) < 4.78 is 1.05. The van der Waals surface area contributed by atoms with Gasteiger partial charge in [0.2, 0.25) is 5.91 Å². The minimum Gasteiger partial charge on any atom is -0.343 e. The number of rotatable bonds is 6. The number of carbonyl (C=O) groups excluding carboxylic acids is 2. The van der Waals surface area contributed by atoms with Gasteiger partial charge in [0.05, 0.1) is 27.7 Å². The average Bonchev–Trinajstić information content (AvgIpc) is 3.14. The highest BCUT2D eigenvalue weighted by molar-refractivity contribution is 7.18. The minimum atomic E-state index is -0.574. The highest BCUT2D eigenvalue weighted by atomic mass is 32.1. The maximum Gasteiger partial charge on any atom is 0.270 e. The Bertz CT molecular complexity index is 1020. The fourth-order valence-corrected chi connectivity index (χ4v) is 3.66. The van der Waals surface area contributed by atoms with Gasteiger partial charge in [0, 0.05) is 24.7 Å². The largest absolute Gasteiger partial charge is 0.343 e. The standard InChI is InChI=1S/C19H18N4O4S/c1-12(19-21-15-8-3-4-9-16(15)28-19)22(2)17(24)11-20-18(25)13-6-5-7-14(10-13)23(26)27/h3-10,12H,11H2,1-2H3,(H,20,25)/t12-/m0/s1. The van der Waals surface area contributed by atoms with Crippen LogP contribution < -0.4 is 5.32 Å². The quantitative estimate of drug-likeness (QED) is 0.507. The van der Waals surface area contributed by atoms with E-state index in [-0.39, 0.29) is 29.7 Å². The van der Waals surface area contributed by atoms with Gasteiger partial charge in [0.15, 0.2) is 0 Å². The van der Waals surface area contributed by atoms with Gasteiger partial charge >= 0.3 is 0 Å². The Kier molecular flexibility index (Phi) is 5.65. The van der Waals surface area contributed by atoms with Crippen LogP contribution in [-0.2, 0) is 4.79 Å². The van der Waals surface area contributed by atoms with Crippen LogP contribution in [0.5, 0.6) is 0 Å². The maximum absolute atomic E-state index is 12.5. The molecule has 3 rings (SSSR count). The number of nitro benzene ring substituents is 1. The first-order chi connectivity index (χ1) is 13.4. The lowest BCUT2D eigenvalue weighted by Gasteiger charge is -2.23. The van der Waals surface area contributed by atoms with E-state index >= 15 is 0 Å². The molecule has 28 heavy (non-hydrogen) atoms. The molecule has 1 N–H and O–H groups in total. The summed E-state index contributed by atoms with van der Waals surface area (Å²) in [6.07, 6.45) is 0. The van der Waals surface area contributed by atoms with E-state index in [9.17, 15) is 19.7 Å². The Balaban J connectivity index is 1.62. The number of carbonyl (C=O) groups is 2. The van der Waals surface area contributed by atoms with Crippen molar-refractivity contribution in [2.24, 2.45) is 0 Å². The van der Waals surface area contributed by atoms with E-state index in [4.69, 9.17) is 0 Å². The molecule has 1 atom stereocenters. The van der Waals surface area contributed by atoms with Crippen LogP contribution in [0.4, 0.5) is 5.69 Å². The summed E-state index contributed by atoms with van der Waals surface area (Å²) in [6.45, 7) is 1.66. The third-order valence-corrected chi connectivity index (χ3v) is 5.57. The molecule has 3 aromatic rings. The molecule has 2 amide bonds. The predicted molar refractivity (Wildman–Crippen MR) is 106 cm³/mol. The van der Waals surface area contributed by atoms with E-state index in [1.54, 1.807) is 7.05 Å². The van der Waals surface area contributed by atoms with E-state index in [1.165, 1.54) is 40.5 Å². The summed E-state index contributed by atoms with van der Waals surface area (Å²) in [5.74, 6) is -0.830. The fraction of sp³-hybridized carbons (Fsp3) is 0.211. The predicted octanol–water partition coefficient (Wildman–Crippen LogP) is 3.15. The van der Waals surface area contributed by atoms with Crippen molar-refractivity contribution in [1.82, 2.24) is 15.2 Å². The number of likely N-dealkylation sites (N-methyl/N-ethyl adjacent to an activating group) is 1. The van der Waals surface area contributed by atoms with Crippen LogP contribution in [0.1, 0.15) is 28.3 Å². The second-order valence-corrected chi connectivity index (χ2v) is 7.25. The van der Waals surface area contributed by atoms with Crippen LogP contribution in [0.2, 0.25) is 0 Å². The van der Waals surface area contributed by atoms with Crippen LogP contribution in [0.25, 0.3) is 10.2 Å².